The summed E-state index contributed by atoms with van der Waals surface area (Å²) in [4.78, 5) is 11.1. The molecule has 0 spiro atoms. The molecule has 0 bridgehead atoms. The van der Waals surface area contributed by atoms with E-state index in [0.29, 0.717) is 17.1 Å². The van der Waals surface area contributed by atoms with Crippen LogP contribution in [0.15, 0.2) is 54.6 Å². The number of rotatable bonds is 6. The minimum absolute atomic E-state index is 0.305. The topological polar surface area (TPSA) is 86.5 Å². The first-order chi connectivity index (χ1) is 10.4. The van der Waals surface area contributed by atoms with Gasteiger partial charge in [0.25, 0.3) is 0 Å². The van der Waals surface area contributed by atoms with Crippen molar-refractivity contribution in [1.82, 2.24) is 0 Å². The predicted octanol–water partition coefficient (Wildman–Crippen LogP) is 2.27. The second-order valence-corrected chi connectivity index (χ2v) is 7.20. The Kier molecular flexibility index (Phi) is 4.82. The Bertz CT molecular complexity index is 757. The van der Waals surface area contributed by atoms with E-state index in [2.05, 4.69) is 0 Å². The van der Waals surface area contributed by atoms with Gasteiger partial charge in [0, 0.05) is 5.56 Å². The zero-order valence-corrected chi connectivity index (χ0v) is 12.9. The van der Waals surface area contributed by atoms with Crippen molar-refractivity contribution in [3.8, 4) is 11.5 Å². The molecular formula is C16H17NO4S. The molecule has 0 aliphatic rings. The van der Waals surface area contributed by atoms with Crippen LogP contribution < -0.4 is 10.5 Å². The van der Waals surface area contributed by atoms with Crippen molar-refractivity contribution in [3.63, 3.8) is 0 Å². The highest BCUT2D eigenvalue weighted by Gasteiger charge is 2.27. The monoisotopic (exact) mass is 319 g/mol. The summed E-state index contributed by atoms with van der Waals surface area (Å²) in [5.74, 6) is -0.120. The normalized spacial score (nSPS) is 12.6. The maximum absolute atomic E-state index is 12.2. The zero-order valence-electron chi connectivity index (χ0n) is 12.1. The number of ether oxygens (including phenoxy) is 1. The minimum Gasteiger partial charge on any atom is -0.457 e. The second kappa shape index (κ2) is 6.62. The summed E-state index contributed by atoms with van der Waals surface area (Å²) in [5.41, 5.74) is 5.57. The first-order valence-corrected chi connectivity index (χ1v) is 8.43. The molecule has 5 nitrogen and oxygen atoms in total. The van der Waals surface area contributed by atoms with Gasteiger partial charge >= 0.3 is 0 Å². The summed E-state index contributed by atoms with van der Waals surface area (Å²) in [6.45, 7) is 1.29. The molecule has 0 aliphatic carbocycles. The Morgan fingerprint density at radius 2 is 1.68 bits per heavy atom. The average molecular weight is 319 g/mol. The van der Waals surface area contributed by atoms with Gasteiger partial charge in [0.15, 0.2) is 9.84 Å². The molecule has 6 heteroatoms. The van der Waals surface area contributed by atoms with Crippen molar-refractivity contribution in [2.75, 3.05) is 0 Å². The summed E-state index contributed by atoms with van der Waals surface area (Å²) in [6, 6.07) is 15.9. The van der Waals surface area contributed by atoms with Crippen LogP contribution in [0.5, 0.6) is 11.5 Å². The van der Waals surface area contributed by atoms with E-state index >= 15 is 0 Å². The number of carbonyl (C=O) groups is 1. The van der Waals surface area contributed by atoms with Crippen LogP contribution in [0, 0.1) is 0 Å². The maximum atomic E-state index is 12.2. The van der Waals surface area contributed by atoms with Gasteiger partial charge < -0.3 is 10.5 Å². The van der Waals surface area contributed by atoms with Crippen LogP contribution in [0.25, 0.3) is 0 Å². The van der Waals surface area contributed by atoms with Crippen LogP contribution in [-0.2, 0) is 20.4 Å². The molecule has 2 aromatic carbocycles. The fourth-order valence-corrected chi connectivity index (χ4v) is 3.13. The van der Waals surface area contributed by atoms with Gasteiger partial charge in [-0.05, 0) is 25.1 Å². The summed E-state index contributed by atoms with van der Waals surface area (Å²) >= 11 is 0. The lowest BCUT2D eigenvalue weighted by atomic mass is 10.2. The van der Waals surface area contributed by atoms with Crippen molar-refractivity contribution in [2.24, 2.45) is 5.73 Å². The number of carbonyl (C=O) groups excluding carboxylic acids is 1. The molecule has 0 saturated carbocycles. The van der Waals surface area contributed by atoms with Crippen molar-refractivity contribution >= 4 is 15.7 Å². The molecular weight excluding hydrogens is 302 g/mol. The van der Waals surface area contributed by atoms with Crippen molar-refractivity contribution in [3.05, 3.63) is 60.2 Å². The van der Waals surface area contributed by atoms with E-state index in [1.165, 1.54) is 6.92 Å². The Morgan fingerprint density at radius 1 is 1.09 bits per heavy atom. The number of sulfone groups is 1. The van der Waals surface area contributed by atoms with Crippen molar-refractivity contribution in [2.45, 2.75) is 17.9 Å². The van der Waals surface area contributed by atoms with Gasteiger partial charge in [0.05, 0.1) is 5.75 Å². The maximum Gasteiger partial charge on any atom is 0.235 e. The van der Waals surface area contributed by atoms with Crippen molar-refractivity contribution < 1.29 is 17.9 Å². The van der Waals surface area contributed by atoms with Gasteiger partial charge in [-0.2, -0.15) is 0 Å². The van der Waals surface area contributed by atoms with Crippen LogP contribution in [0.3, 0.4) is 0 Å². The Labute approximate surface area is 129 Å². The van der Waals surface area contributed by atoms with E-state index < -0.39 is 21.0 Å². The molecule has 0 aromatic heterocycles. The third kappa shape index (κ3) is 3.85. The molecule has 116 valence electrons. The number of benzene rings is 2. The van der Waals surface area contributed by atoms with Gasteiger partial charge in [0.1, 0.15) is 16.7 Å². The number of hydrogen-bond donors (Lipinski definition) is 1. The Hall–Kier alpha value is -2.34. The molecule has 22 heavy (non-hydrogen) atoms. The van der Waals surface area contributed by atoms with Gasteiger partial charge in [-0.25, -0.2) is 8.42 Å². The highest BCUT2D eigenvalue weighted by atomic mass is 32.2. The average Bonchev–Trinajstić information content (AvgIpc) is 2.49. The SMILES string of the molecule is CC(C(N)=O)S(=O)(=O)Cc1ccccc1Oc1ccccc1. The fourth-order valence-electron chi connectivity index (χ4n) is 1.86. The van der Waals surface area contributed by atoms with E-state index in [9.17, 15) is 13.2 Å². The van der Waals surface area contributed by atoms with Crippen molar-refractivity contribution in [1.29, 1.82) is 0 Å². The summed E-state index contributed by atoms with van der Waals surface area (Å²) in [7, 11) is -3.68. The molecule has 0 saturated heterocycles. The van der Waals surface area contributed by atoms with E-state index in [1.807, 2.05) is 18.2 Å². The largest absolute Gasteiger partial charge is 0.457 e. The number of para-hydroxylation sites is 2. The highest BCUT2D eigenvalue weighted by molar-refractivity contribution is 7.92. The van der Waals surface area contributed by atoms with Gasteiger partial charge in [0.2, 0.25) is 5.91 Å². The minimum atomic E-state index is -3.68. The summed E-state index contributed by atoms with van der Waals surface area (Å²) < 4.78 is 30.1. The fraction of sp³-hybridized carbons (Fsp3) is 0.188. The van der Waals surface area contributed by atoms with Gasteiger partial charge in [-0.1, -0.05) is 36.4 Å². The van der Waals surface area contributed by atoms with Crippen LogP contribution in [0.4, 0.5) is 0 Å². The van der Waals surface area contributed by atoms with E-state index in [0.717, 1.165) is 0 Å². The predicted molar refractivity (Wildman–Crippen MR) is 84.2 cm³/mol. The molecule has 2 rings (SSSR count). The van der Waals surface area contributed by atoms with E-state index in [4.69, 9.17) is 10.5 Å². The second-order valence-electron chi connectivity index (χ2n) is 4.87. The van der Waals surface area contributed by atoms with E-state index in [1.54, 1.807) is 36.4 Å². The smallest absolute Gasteiger partial charge is 0.235 e. The molecule has 2 N–H and O–H groups in total. The van der Waals surface area contributed by atoms with Gasteiger partial charge in [-0.3, -0.25) is 4.79 Å². The molecule has 1 amide bonds. The van der Waals surface area contributed by atoms with Crippen LogP contribution in [0.2, 0.25) is 0 Å². The molecule has 2 aromatic rings. The Balaban J connectivity index is 2.28. The van der Waals surface area contributed by atoms with Gasteiger partial charge in [-0.15, -0.1) is 0 Å². The lowest BCUT2D eigenvalue weighted by Gasteiger charge is -2.13. The third-order valence-corrected chi connectivity index (χ3v) is 5.26. The lowest BCUT2D eigenvalue weighted by Crippen LogP contribution is -2.34. The first-order valence-electron chi connectivity index (χ1n) is 6.72. The third-order valence-electron chi connectivity index (χ3n) is 3.24. The number of amides is 1. The number of hydrogen-bond acceptors (Lipinski definition) is 4. The molecule has 0 heterocycles. The van der Waals surface area contributed by atoms with Crippen LogP contribution in [-0.4, -0.2) is 19.6 Å². The van der Waals surface area contributed by atoms with E-state index in [-0.39, 0.29) is 5.75 Å². The molecule has 0 aliphatic heterocycles. The highest BCUT2D eigenvalue weighted by Crippen LogP contribution is 2.27. The standard InChI is InChI=1S/C16H17NO4S/c1-12(16(17)18)22(19,20)11-13-7-5-6-10-15(13)21-14-8-3-2-4-9-14/h2-10,12H,11H2,1H3,(H2,17,18). The molecule has 1 unspecified atom stereocenters. The first kappa shape index (κ1) is 16.0. The Morgan fingerprint density at radius 3 is 2.32 bits per heavy atom. The number of nitrogens with two attached hydrogens (primary N) is 1. The quantitative estimate of drug-likeness (QED) is 0.885. The van der Waals surface area contributed by atoms with Crippen LogP contribution in [0.1, 0.15) is 12.5 Å². The molecule has 0 fully saturated rings. The molecule has 0 radical (unpaired) electrons. The summed E-state index contributed by atoms with van der Waals surface area (Å²) in [5, 5.41) is -1.24. The molecule has 1 atom stereocenters. The zero-order chi connectivity index (χ0) is 16.2. The lowest BCUT2D eigenvalue weighted by molar-refractivity contribution is -0.117. The number of primary amides is 1. The summed E-state index contributed by atoms with van der Waals surface area (Å²) in [6.07, 6.45) is 0. The van der Waals surface area contributed by atoms with Crippen LogP contribution >= 0.6 is 0 Å².